The molecule has 0 atom stereocenters. The minimum atomic E-state index is -0.904. The van der Waals surface area contributed by atoms with Crippen LogP contribution in [0.15, 0.2) is 0 Å². The van der Waals surface area contributed by atoms with Crippen molar-refractivity contribution in [3.8, 4) is 0 Å². The maximum atomic E-state index is 12.1. The number of carbonyl (C=O) groups excluding carboxylic acids is 1. The van der Waals surface area contributed by atoms with Crippen LogP contribution >= 0.6 is 0 Å². The lowest BCUT2D eigenvalue weighted by Gasteiger charge is -2.21. The Morgan fingerprint density at radius 1 is 0.958 bits per heavy atom. The van der Waals surface area contributed by atoms with E-state index in [1.165, 1.54) is 50.0 Å². The van der Waals surface area contributed by atoms with Gasteiger partial charge in [0.05, 0.1) is 19.7 Å². The summed E-state index contributed by atoms with van der Waals surface area (Å²) in [5.74, 6) is -0.920. The Hall–Kier alpha value is -1.14. The van der Waals surface area contributed by atoms with Crippen molar-refractivity contribution in [1.82, 2.24) is 10.4 Å². The first-order valence-electron chi connectivity index (χ1n) is 9.47. The lowest BCUT2D eigenvalue weighted by molar-refractivity contribution is -0.184. The molecule has 0 aliphatic carbocycles. The number of hydrogen-bond acceptors (Lipinski definition) is 4. The number of nitrogens with one attached hydrogen (secondary N) is 1. The Morgan fingerprint density at radius 3 is 2.08 bits per heavy atom. The Bertz CT molecular complexity index is 324. The molecule has 0 radical (unpaired) electrons. The maximum absolute atomic E-state index is 12.1. The highest BCUT2D eigenvalue weighted by atomic mass is 16.7. The summed E-state index contributed by atoms with van der Waals surface area (Å²) in [6.07, 6.45) is 11.5. The molecule has 24 heavy (non-hydrogen) atoms. The lowest BCUT2D eigenvalue weighted by atomic mass is 10.1. The van der Waals surface area contributed by atoms with Crippen LogP contribution in [-0.2, 0) is 14.4 Å². The number of aliphatic carboxylic acids is 1. The van der Waals surface area contributed by atoms with Gasteiger partial charge >= 0.3 is 5.97 Å². The number of nitrogens with zero attached hydrogens (tertiary/aromatic N) is 1. The molecule has 0 spiro atoms. The zero-order chi connectivity index (χ0) is 18.0. The van der Waals surface area contributed by atoms with Gasteiger partial charge in [-0.15, -0.1) is 0 Å². The van der Waals surface area contributed by atoms with Crippen molar-refractivity contribution in [2.24, 2.45) is 0 Å². The van der Waals surface area contributed by atoms with Crippen molar-refractivity contribution in [3.05, 3.63) is 0 Å². The third-order valence-corrected chi connectivity index (χ3v) is 3.83. The van der Waals surface area contributed by atoms with Crippen molar-refractivity contribution in [2.45, 2.75) is 78.1 Å². The quantitative estimate of drug-likeness (QED) is 0.312. The molecule has 0 unspecified atom stereocenters. The van der Waals surface area contributed by atoms with Crippen LogP contribution in [0.1, 0.15) is 78.1 Å². The molecule has 0 fully saturated rings. The average molecular weight is 344 g/mol. The zero-order valence-electron chi connectivity index (χ0n) is 15.5. The minimum absolute atomic E-state index is 0.0167. The molecule has 142 valence electrons. The molecule has 0 aromatic rings. The van der Waals surface area contributed by atoms with Gasteiger partial charge in [0.25, 0.3) is 0 Å². The molecule has 0 aliphatic rings. The largest absolute Gasteiger partial charge is 0.480 e. The summed E-state index contributed by atoms with van der Waals surface area (Å²) in [5, 5.41) is 12.7. The maximum Gasteiger partial charge on any atom is 0.317 e. The van der Waals surface area contributed by atoms with Crippen molar-refractivity contribution in [1.29, 1.82) is 0 Å². The third kappa shape index (κ3) is 14.5. The minimum Gasteiger partial charge on any atom is -0.480 e. The predicted octanol–water partition coefficient (Wildman–Crippen LogP) is 3.36. The first-order valence-corrected chi connectivity index (χ1v) is 9.47. The van der Waals surface area contributed by atoms with Crippen LogP contribution < -0.4 is 5.32 Å². The van der Waals surface area contributed by atoms with Crippen LogP contribution in [0, 0.1) is 0 Å². The normalized spacial score (nSPS) is 10.8. The first kappa shape index (κ1) is 22.9. The van der Waals surface area contributed by atoms with E-state index in [1.54, 1.807) is 0 Å². The lowest BCUT2D eigenvalue weighted by Crippen LogP contribution is -2.38. The third-order valence-electron chi connectivity index (χ3n) is 3.83. The summed E-state index contributed by atoms with van der Waals surface area (Å²) in [4.78, 5) is 27.9. The Labute approximate surface area is 146 Å². The van der Waals surface area contributed by atoms with Gasteiger partial charge in [-0.2, -0.15) is 0 Å². The highest BCUT2D eigenvalue weighted by molar-refractivity contribution is 5.75. The molecule has 0 aromatic heterocycles. The van der Waals surface area contributed by atoms with Gasteiger partial charge in [-0.25, -0.2) is 5.06 Å². The molecule has 6 nitrogen and oxygen atoms in total. The second kappa shape index (κ2) is 16.7. The van der Waals surface area contributed by atoms with E-state index < -0.39 is 5.97 Å². The second-order valence-electron chi connectivity index (χ2n) is 6.06. The van der Waals surface area contributed by atoms with E-state index in [4.69, 9.17) is 9.94 Å². The van der Waals surface area contributed by atoms with Crippen molar-refractivity contribution in [2.75, 3.05) is 26.2 Å². The highest BCUT2D eigenvalue weighted by Gasteiger charge is 2.13. The summed E-state index contributed by atoms with van der Waals surface area (Å²) in [5.41, 5.74) is 0. The van der Waals surface area contributed by atoms with Gasteiger partial charge in [-0.3, -0.25) is 14.4 Å². The first-order chi connectivity index (χ1) is 11.6. The standard InChI is InChI=1S/C18H36N2O4/c1-3-5-6-7-8-9-10-11-12-13-17(21)20(24-4-2)15-14-19-16-18(22)23/h19H,3-16H2,1-2H3,(H,22,23). The average Bonchev–Trinajstić information content (AvgIpc) is 2.55. The van der Waals surface area contributed by atoms with Crippen LogP contribution in [0.4, 0.5) is 0 Å². The molecule has 0 heterocycles. The van der Waals surface area contributed by atoms with Crippen LogP contribution in [0.3, 0.4) is 0 Å². The van der Waals surface area contributed by atoms with E-state index >= 15 is 0 Å². The summed E-state index contributed by atoms with van der Waals surface area (Å²) < 4.78 is 0. The van der Waals surface area contributed by atoms with Crippen LogP contribution in [0.2, 0.25) is 0 Å². The van der Waals surface area contributed by atoms with Gasteiger partial charge in [0.15, 0.2) is 0 Å². The summed E-state index contributed by atoms with van der Waals surface area (Å²) in [6.45, 7) is 5.18. The van der Waals surface area contributed by atoms with Crippen molar-refractivity contribution >= 4 is 11.9 Å². The molecule has 1 amide bonds. The topological polar surface area (TPSA) is 78.9 Å². The molecule has 0 aliphatic heterocycles. The van der Waals surface area contributed by atoms with Crippen LogP contribution in [0.5, 0.6) is 0 Å². The Balaban J connectivity index is 3.69. The molecule has 2 N–H and O–H groups in total. The molecule has 6 heteroatoms. The van der Waals surface area contributed by atoms with Gasteiger partial charge < -0.3 is 10.4 Å². The number of hydrogen-bond donors (Lipinski definition) is 2. The smallest absolute Gasteiger partial charge is 0.317 e. The number of carbonyl (C=O) groups is 2. The molecular weight excluding hydrogens is 308 g/mol. The van der Waals surface area contributed by atoms with E-state index in [1.807, 2.05) is 6.92 Å². The Morgan fingerprint density at radius 2 is 1.54 bits per heavy atom. The molecule has 0 rings (SSSR count). The molecule has 0 bridgehead atoms. The Kier molecular flexibility index (Phi) is 15.9. The van der Waals surface area contributed by atoms with Gasteiger partial charge in [-0.1, -0.05) is 58.3 Å². The molecule has 0 aromatic carbocycles. The number of carboxylic acid groups (broad SMARTS) is 1. The zero-order valence-corrected chi connectivity index (χ0v) is 15.5. The predicted molar refractivity (Wildman–Crippen MR) is 95.7 cm³/mol. The van der Waals surface area contributed by atoms with E-state index in [9.17, 15) is 9.59 Å². The second-order valence-corrected chi connectivity index (χ2v) is 6.06. The molecular formula is C18H36N2O4. The molecule has 0 saturated carbocycles. The van der Waals surface area contributed by atoms with Crippen molar-refractivity contribution in [3.63, 3.8) is 0 Å². The fourth-order valence-corrected chi connectivity index (χ4v) is 2.50. The summed E-state index contributed by atoms with van der Waals surface area (Å²) >= 11 is 0. The van der Waals surface area contributed by atoms with Crippen LogP contribution in [0.25, 0.3) is 0 Å². The number of hydroxylamine groups is 2. The summed E-state index contributed by atoms with van der Waals surface area (Å²) in [7, 11) is 0. The van der Waals surface area contributed by atoms with E-state index in [-0.39, 0.29) is 12.5 Å². The van der Waals surface area contributed by atoms with E-state index in [2.05, 4.69) is 12.2 Å². The van der Waals surface area contributed by atoms with Crippen LogP contribution in [-0.4, -0.2) is 48.3 Å². The van der Waals surface area contributed by atoms with E-state index in [0.717, 1.165) is 12.8 Å². The highest BCUT2D eigenvalue weighted by Crippen LogP contribution is 2.11. The summed E-state index contributed by atoms with van der Waals surface area (Å²) in [6, 6.07) is 0. The fourth-order valence-electron chi connectivity index (χ4n) is 2.50. The number of carboxylic acids is 1. The monoisotopic (exact) mass is 344 g/mol. The SMILES string of the molecule is CCCCCCCCCCCC(=O)N(CCNCC(=O)O)OCC. The van der Waals surface area contributed by atoms with Crippen molar-refractivity contribution < 1.29 is 19.5 Å². The van der Waals surface area contributed by atoms with E-state index in [0.29, 0.717) is 26.1 Å². The van der Waals surface area contributed by atoms with Gasteiger partial charge in [-0.05, 0) is 13.3 Å². The fraction of sp³-hybridized carbons (Fsp3) is 0.889. The van der Waals surface area contributed by atoms with Gasteiger partial charge in [0.1, 0.15) is 0 Å². The number of rotatable bonds is 17. The number of amides is 1. The molecule has 0 saturated heterocycles. The van der Waals surface area contributed by atoms with Gasteiger partial charge in [0, 0.05) is 13.0 Å². The van der Waals surface area contributed by atoms with Gasteiger partial charge in [0.2, 0.25) is 5.91 Å². The number of unbranched alkanes of at least 4 members (excludes halogenated alkanes) is 8.